The quantitative estimate of drug-likeness (QED) is 0.272. The average Bonchev–Trinajstić information content (AvgIpc) is 3.68. The van der Waals surface area contributed by atoms with Crippen molar-refractivity contribution in [3.63, 3.8) is 0 Å². The van der Waals surface area contributed by atoms with Crippen molar-refractivity contribution in [3.8, 4) is 23.0 Å². The van der Waals surface area contributed by atoms with E-state index in [9.17, 15) is 9.90 Å². The summed E-state index contributed by atoms with van der Waals surface area (Å²) >= 11 is 0. The second-order valence-electron chi connectivity index (χ2n) is 7.77. The van der Waals surface area contributed by atoms with Gasteiger partial charge in [-0.3, -0.25) is 4.79 Å². The second kappa shape index (κ2) is 11.3. The lowest BCUT2D eigenvalue weighted by atomic mass is 10.0. The molecule has 1 saturated carbocycles. The van der Waals surface area contributed by atoms with Crippen molar-refractivity contribution < 1.29 is 28.8 Å². The maximum absolute atomic E-state index is 13.0. The van der Waals surface area contributed by atoms with Crippen molar-refractivity contribution in [2.45, 2.75) is 19.3 Å². The number of hydrogen-bond donors (Lipinski definition) is 1. The summed E-state index contributed by atoms with van der Waals surface area (Å²) in [6.07, 6.45) is 9.20. The molecule has 0 unspecified atom stereocenters. The molecule has 33 heavy (non-hydrogen) atoms. The molecule has 1 aliphatic rings. The molecule has 6 nitrogen and oxygen atoms in total. The zero-order chi connectivity index (χ0) is 23.8. The Labute approximate surface area is 194 Å². The zero-order valence-corrected chi connectivity index (χ0v) is 19.5. The van der Waals surface area contributed by atoms with Gasteiger partial charge in [-0.05, 0) is 72.7 Å². The number of ether oxygens (including phenoxy) is 4. The van der Waals surface area contributed by atoms with Crippen molar-refractivity contribution in [1.29, 1.82) is 0 Å². The van der Waals surface area contributed by atoms with E-state index in [1.165, 1.54) is 6.08 Å². The molecule has 0 amide bonds. The topological polar surface area (TPSA) is 74.2 Å². The smallest absolute Gasteiger partial charge is 0.185 e. The van der Waals surface area contributed by atoms with Crippen LogP contribution in [0, 0.1) is 5.92 Å². The molecule has 0 heterocycles. The third-order valence-corrected chi connectivity index (χ3v) is 5.47. The second-order valence-corrected chi connectivity index (χ2v) is 7.77. The van der Waals surface area contributed by atoms with Gasteiger partial charge < -0.3 is 24.1 Å². The summed E-state index contributed by atoms with van der Waals surface area (Å²) in [5.74, 6) is 2.62. The predicted molar refractivity (Wildman–Crippen MR) is 129 cm³/mol. The zero-order valence-electron chi connectivity index (χ0n) is 19.5. The lowest BCUT2D eigenvalue weighted by molar-refractivity contribution is -0.111. The van der Waals surface area contributed by atoms with Crippen LogP contribution in [0.15, 0.2) is 59.9 Å². The first kappa shape index (κ1) is 24.0. The molecule has 1 N–H and O–H groups in total. The first-order valence-corrected chi connectivity index (χ1v) is 10.8. The molecule has 2 aromatic carbocycles. The van der Waals surface area contributed by atoms with Gasteiger partial charge in [0, 0.05) is 5.57 Å². The minimum atomic E-state index is -0.217. The van der Waals surface area contributed by atoms with Crippen LogP contribution < -0.4 is 18.9 Å². The van der Waals surface area contributed by atoms with E-state index in [4.69, 9.17) is 18.9 Å². The summed E-state index contributed by atoms with van der Waals surface area (Å²) in [6, 6.07) is 10.9. The first-order valence-electron chi connectivity index (χ1n) is 10.8. The highest BCUT2D eigenvalue weighted by molar-refractivity contribution is 6.07. The van der Waals surface area contributed by atoms with Crippen LogP contribution >= 0.6 is 0 Å². The lowest BCUT2D eigenvalue weighted by Crippen LogP contribution is -2.03. The normalized spacial score (nSPS) is 14.3. The summed E-state index contributed by atoms with van der Waals surface area (Å²) in [6.45, 7) is 0. The highest BCUT2D eigenvalue weighted by atomic mass is 16.5. The summed E-state index contributed by atoms with van der Waals surface area (Å²) in [5.41, 5.74) is 2.02. The van der Waals surface area contributed by atoms with Gasteiger partial charge in [-0.2, -0.15) is 0 Å². The van der Waals surface area contributed by atoms with E-state index in [1.54, 1.807) is 64.9 Å². The van der Waals surface area contributed by atoms with Gasteiger partial charge in [-0.15, -0.1) is 0 Å². The van der Waals surface area contributed by atoms with Crippen molar-refractivity contribution >= 4 is 17.9 Å². The van der Waals surface area contributed by atoms with E-state index in [-0.39, 0.29) is 11.5 Å². The summed E-state index contributed by atoms with van der Waals surface area (Å²) in [4.78, 5) is 13.0. The van der Waals surface area contributed by atoms with Crippen molar-refractivity contribution in [3.05, 3.63) is 71.0 Å². The Kier molecular flexibility index (Phi) is 8.19. The fourth-order valence-electron chi connectivity index (χ4n) is 3.40. The Morgan fingerprint density at radius 1 is 0.818 bits per heavy atom. The van der Waals surface area contributed by atoms with E-state index in [0.717, 1.165) is 24.0 Å². The van der Waals surface area contributed by atoms with Gasteiger partial charge in [-0.1, -0.05) is 24.3 Å². The number of methoxy groups -OCH3 is 4. The molecule has 1 fully saturated rings. The van der Waals surface area contributed by atoms with Gasteiger partial charge >= 0.3 is 0 Å². The summed E-state index contributed by atoms with van der Waals surface area (Å²) < 4.78 is 21.1. The monoisotopic (exact) mass is 450 g/mol. The Hall–Kier alpha value is -3.67. The predicted octanol–water partition coefficient (Wildman–Crippen LogP) is 5.63. The fraction of sp³-hybridized carbons (Fsp3) is 0.296. The maximum atomic E-state index is 13.0. The number of rotatable bonds is 11. The van der Waals surface area contributed by atoms with E-state index in [2.05, 4.69) is 0 Å². The standard InChI is InChI=1S/C27H30O6/c1-30-24-13-9-19(16-26(24)32-3)7-11-22(28)21(15-18-5-6-18)23(29)12-8-20-10-14-25(31-2)27(17-20)33-4/h7-14,16-18,28H,5-6,15H2,1-4H3/b11-7+,12-8+,22-21?. The molecule has 0 aliphatic heterocycles. The highest BCUT2D eigenvalue weighted by Gasteiger charge is 2.26. The van der Waals surface area contributed by atoms with Crippen LogP contribution in [0.5, 0.6) is 23.0 Å². The molecule has 2 aromatic rings. The Balaban J connectivity index is 1.82. The van der Waals surface area contributed by atoms with Crippen molar-refractivity contribution in [1.82, 2.24) is 0 Å². The fourth-order valence-corrected chi connectivity index (χ4v) is 3.40. The number of aliphatic hydroxyl groups is 1. The lowest BCUT2D eigenvalue weighted by Gasteiger charge is -2.08. The number of carbonyl (C=O) groups excluding carboxylic acids is 1. The van der Waals surface area contributed by atoms with E-state index in [0.29, 0.717) is 40.9 Å². The van der Waals surface area contributed by atoms with Crippen molar-refractivity contribution in [2.24, 2.45) is 5.92 Å². The first-order chi connectivity index (χ1) is 16.0. The number of carbonyl (C=O) groups is 1. The highest BCUT2D eigenvalue weighted by Crippen LogP contribution is 2.36. The van der Waals surface area contributed by atoms with Crippen molar-refractivity contribution in [2.75, 3.05) is 28.4 Å². The molecule has 0 bridgehead atoms. The average molecular weight is 451 g/mol. The van der Waals surface area contributed by atoms with Gasteiger partial charge in [0.1, 0.15) is 5.76 Å². The third-order valence-electron chi connectivity index (χ3n) is 5.47. The van der Waals surface area contributed by atoms with Crippen LogP contribution in [0.25, 0.3) is 12.2 Å². The van der Waals surface area contributed by atoms with E-state index >= 15 is 0 Å². The molecule has 3 rings (SSSR count). The van der Waals surface area contributed by atoms with Gasteiger partial charge in [0.2, 0.25) is 0 Å². The summed E-state index contributed by atoms with van der Waals surface area (Å²) in [7, 11) is 6.28. The van der Waals surface area contributed by atoms with Crippen LogP contribution in [0.3, 0.4) is 0 Å². The van der Waals surface area contributed by atoms with Gasteiger partial charge in [-0.25, -0.2) is 0 Å². The Morgan fingerprint density at radius 3 is 1.76 bits per heavy atom. The van der Waals surface area contributed by atoms with Crippen LogP contribution in [0.4, 0.5) is 0 Å². The molecule has 6 heteroatoms. The molecule has 0 saturated heterocycles. The molecule has 0 spiro atoms. The minimum Gasteiger partial charge on any atom is -0.508 e. The Bertz CT molecular complexity index is 1080. The summed E-state index contributed by atoms with van der Waals surface area (Å²) in [5, 5.41) is 10.7. The molecular formula is C27H30O6. The maximum Gasteiger partial charge on any atom is 0.185 e. The largest absolute Gasteiger partial charge is 0.508 e. The molecular weight excluding hydrogens is 420 g/mol. The van der Waals surface area contributed by atoms with Gasteiger partial charge in [0.15, 0.2) is 28.8 Å². The molecule has 174 valence electrons. The van der Waals surface area contributed by atoms with E-state index < -0.39 is 0 Å². The third kappa shape index (κ3) is 6.42. The number of ketones is 1. The number of hydrogen-bond acceptors (Lipinski definition) is 6. The van der Waals surface area contributed by atoms with Gasteiger partial charge in [0.05, 0.1) is 28.4 Å². The van der Waals surface area contributed by atoms with Crippen LogP contribution in [0.1, 0.15) is 30.4 Å². The van der Waals surface area contributed by atoms with Gasteiger partial charge in [0.25, 0.3) is 0 Å². The molecule has 0 radical (unpaired) electrons. The SMILES string of the molecule is COc1ccc(/C=C/C(=O)C(CC2CC2)=C(O)/C=C/c2ccc(OC)c(OC)c2)cc1OC. The van der Waals surface area contributed by atoms with Crippen LogP contribution in [-0.2, 0) is 4.79 Å². The van der Waals surface area contributed by atoms with Crippen LogP contribution in [-0.4, -0.2) is 39.3 Å². The number of benzene rings is 2. The number of aliphatic hydroxyl groups excluding tert-OH is 1. The molecule has 0 atom stereocenters. The van der Waals surface area contributed by atoms with Crippen LogP contribution in [0.2, 0.25) is 0 Å². The number of allylic oxidation sites excluding steroid dienone is 3. The Morgan fingerprint density at radius 2 is 1.30 bits per heavy atom. The molecule has 0 aromatic heterocycles. The molecule has 1 aliphatic carbocycles. The van der Waals surface area contributed by atoms with E-state index in [1.807, 2.05) is 18.2 Å². The minimum absolute atomic E-state index is 0.0290.